The zero-order valence-corrected chi connectivity index (χ0v) is 14.2. The lowest BCUT2D eigenvalue weighted by atomic mass is 10.1. The van der Waals surface area contributed by atoms with E-state index in [9.17, 15) is 14.9 Å². The molecule has 0 radical (unpaired) electrons. The van der Waals surface area contributed by atoms with Crippen molar-refractivity contribution in [2.75, 3.05) is 5.01 Å². The summed E-state index contributed by atoms with van der Waals surface area (Å²) in [5, 5.41) is 16.5. The van der Waals surface area contributed by atoms with Crippen LogP contribution in [-0.2, 0) is 4.79 Å². The molecule has 3 rings (SSSR count). The Hall–Kier alpha value is -2.80. The fourth-order valence-corrected chi connectivity index (χ4v) is 2.75. The van der Waals surface area contributed by atoms with Crippen molar-refractivity contribution in [3.05, 3.63) is 74.3 Å². The van der Waals surface area contributed by atoms with Crippen LogP contribution >= 0.6 is 15.9 Å². The van der Waals surface area contributed by atoms with E-state index >= 15 is 0 Å². The van der Waals surface area contributed by atoms with Crippen LogP contribution in [0.4, 0.5) is 11.4 Å². The largest absolute Gasteiger partial charge is 0.280 e. The molecule has 2 aromatic carbocycles. The second kappa shape index (κ2) is 6.37. The van der Waals surface area contributed by atoms with Crippen molar-refractivity contribution in [1.29, 1.82) is 0 Å². The van der Waals surface area contributed by atoms with E-state index in [1.807, 2.05) is 12.1 Å². The van der Waals surface area contributed by atoms with Gasteiger partial charge < -0.3 is 0 Å². The lowest BCUT2D eigenvalue weighted by Crippen LogP contribution is -2.21. The average Bonchev–Trinajstić information content (AvgIpc) is 2.83. The van der Waals surface area contributed by atoms with Crippen molar-refractivity contribution in [2.24, 2.45) is 5.10 Å². The van der Waals surface area contributed by atoms with Gasteiger partial charge in [-0.1, -0.05) is 34.1 Å². The second-order valence-corrected chi connectivity index (χ2v) is 6.11. The average molecular weight is 386 g/mol. The van der Waals surface area contributed by atoms with E-state index in [4.69, 9.17) is 0 Å². The molecule has 1 amide bonds. The predicted molar refractivity (Wildman–Crippen MR) is 95.8 cm³/mol. The SMILES string of the molecule is CC1=NN(c2cccc(Br)c2)C(=O)C1=Cc1cccc([N+](=O)[O-])c1. The third-order valence-electron chi connectivity index (χ3n) is 3.51. The minimum Gasteiger partial charge on any atom is -0.267 e. The Morgan fingerprint density at radius 2 is 1.96 bits per heavy atom. The number of hydrogen-bond donors (Lipinski definition) is 0. The summed E-state index contributed by atoms with van der Waals surface area (Å²) in [5.41, 5.74) is 2.18. The number of carbonyl (C=O) groups excluding carboxylic acids is 1. The van der Waals surface area contributed by atoms with Crippen molar-refractivity contribution in [2.45, 2.75) is 6.92 Å². The van der Waals surface area contributed by atoms with Crippen LogP contribution in [0.5, 0.6) is 0 Å². The van der Waals surface area contributed by atoms with Crippen LogP contribution in [0, 0.1) is 10.1 Å². The lowest BCUT2D eigenvalue weighted by molar-refractivity contribution is -0.384. The number of non-ortho nitro benzene ring substituents is 1. The van der Waals surface area contributed by atoms with E-state index in [1.165, 1.54) is 17.1 Å². The molecule has 0 aliphatic carbocycles. The Morgan fingerprint density at radius 3 is 2.67 bits per heavy atom. The summed E-state index contributed by atoms with van der Waals surface area (Å²) in [4.78, 5) is 23.0. The van der Waals surface area contributed by atoms with Crippen LogP contribution in [0.15, 0.2) is 63.7 Å². The molecule has 6 nitrogen and oxygen atoms in total. The maximum Gasteiger partial charge on any atom is 0.280 e. The first-order chi connectivity index (χ1) is 11.5. The molecule has 0 unspecified atom stereocenters. The first-order valence-corrected chi connectivity index (χ1v) is 7.87. The lowest BCUT2D eigenvalue weighted by Gasteiger charge is -2.11. The first kappa shape index (κ1) is 16.1. The van der Waals surface area contributed by atoms with Crippen molar-refractivity contribution in [3.63, 3.8) is 0 Å². The van der Waals surface area contributed by atoms with Gasteiger partial charge in [-0.05, 0) is 36.8 Å². The summed E-state index contributed by atoms with van der Waals surface area (Å²) in [6.45, 7) is 1.74. The molecule has 1 heterocycles. The zero-order valence-electron chi connectivity index (χ0n) is 12.6. The van der Waals surface area contributed by atoms with Gasteiger partial charge in [0, 0.05) is 16.6 Å². The van der Waals surface area contributed by atoms with Crippen molar-refractivity contribution >= 4 is 45.0 Å². The molecule has 0 fully saturated rings. The fraction of sp³-hybridized carbons (Fsp3) is 0.0588. The number of anilines is 1. The fourth-order valence-electron chi connectivity index (χ4n) is 2.36. The Morgan fingerprint density at radius 1 is 1.21 bits per heavy atom. The molecule has 0 saturated heterocycles. The molecule has 7 heteroatoms. The number of carbonyl (C=O) groups is 1. The number of amides is 1. The highest BCUT2D eigenvalue weighted by atomic mass is 79.9. The minimum atomic E-state index is -0.465. The van der Waals surface area contributed by atoms with Gasteiger partial charge >= 0.3 is 0 Å². The topological polar surface area (TPSA) is 75.8 Å². The normalized spacial score (nSPS) is 15.8. The molecular formula is C17H12BrN3O3. The van der Waals surface area contributed by atoms with Crippen LogP contribution in [0.2, 0.25) is 0 Å². The molecule has 2 aromatic rings. The van der Waals surface area contributed by atoms with E-state index < -0.39 is 4.92 Å². The van der Waals surface area contributed by atoms with Gasteiger partial charge in [-0.3, -0.25) is 14.9 Å². The standard InChI is InChI=1S/C17H12BrN3O3/c1-11-16(9-12-4-2-7-15(8-12)21(23)24)17(22)20(19-11)14-6-3-5-13(18)10-14/h2-10H,1H3. The van der Waals surface area contributed by atoms with Crippen LogP contribution in [0.1, 0.15) is 12.5 Å². The van der Waals surface area contributed by atoms with Gasteiger partial charge in [-0.15, -0.1) is 0 Å². The number of halogens is 1. The number of benzene rings is 2. The summed E-state index contributed by atoms with van der Waals surface area (Å²) in [7, 11) is 0. The number of hydrogen-bond acceptors (Lipinski definition) is 4. The van der Waals surface area contributed by atoms with Crippen molar-refractivity contribution in [1.82, 2.24) is 0 Å². The zero-order chi connectivity index (χ0) is 17.3. The van der Waals surface area contributed by atoms with Gasteiger partial charge in [-0.25, -0.2) is 0 Å². The van der Waals surface area contributed by atoms with E-state index in [1.54, 1.807) is 37.3 Å². The third-order valence-corrected chi connectivity index (χ3v) is 4.00. The summed E-state index contributed by atoms with van der Waals surface area (Å²) >= 11 is 3.37. The van der Waals surface area contributed by atoms with Gasteiger partial charge in [0.2, 0.25) is 0 Å². The van der Waals surface area contributed by atoms with Gasteiger partial charge in [0.15, 0.2) is 0 Å². The molecule has 0 aromatic heterocycles. The molecule has 120 valence electrons. The summed E-state index contributed by atoms with van der Waals surface area (Å²) in [6.07, 6.45) is 1.62. The van der Waals surface area contributed by atoms with Crippen molar-refractivity contribution < 1.29 is 9.72 Å². The summed E-state index contributed by atoms with van der Waals surface area (Å²) in [5.74, 6) is -0.267. The number of rotatable bonds is 3. The van der Waals surface area contributed by atoms with Gasteiger partial charge in [0.1, 0.15) is 0 Å². The molecule has 0 N–H and O–H groups in total. The molecule has 0 spiro atoms. The van der Waals surface area contributed by atoms with Crippen LogP contribution < -0.4 is 5.01 Å². The maximum absolute atomic E-state index is 12.6. The number of hydrazone groups is 1. The highest BCUT2D eigenvalue weighted by Gasteiger charge is 2.28. The Bertz CT molecular complexity index is 905. The smallest absolute Gasteiger partial charge is 0.267 e. The van der Waals surface area contributed by atoms with Crippen LogP contribution in [-0.4, -0.2) is 16.5 Å². The van der Waals surface area contributed by atoms with E-state index in [-0.39, 0.29) is 11.6 Å². The summed E-state index contributed by atoms with van der Waals surface area (Å²) < 4.78 is 0.844. The Kier molecular flexibility index (Phi) is 4.26. The van der Waals surface area contributed by atoms with Gasteiger partial charge in [0.25, 0.3) is 11.6 Å². The Balaban J connectivity index is 1.96. The molecule has 0 atom stereocenters. The van der Waals surface area contributed by atoms with E-state index in [0.29, 0.717) is 22.5 Å². The molecule has 0 bridgehead atoms. The Labute approximate surface area is 146 Å². The molecule has 0 saturated carbocycles. The molecule has 1 aliphatic heterocycles. The summed E-state index contributed by atoms with van der Waals surface area (Å²) in [6, 6.07) is 13.4. The monoisotopic (exact) mass is 385 g/mol. The molecular weight excluding hydrogens is 374 g/mol. The predicted octanol–water partition coefficient (Wildman–Crippen LogP) is 4.16. The number of nitro groups is 1. The first-order valence-electron chi connectivity index (χ1n) is 7.07. The second-order valence-electron chi connectivity index (χ2n) is 5.19. The van der Waals surface area contributed by atoms with Crippen molar-refractivity contribution in [3.8, 4) is 0 Å². The maximum atomic E-state index is 12.6. The highest BCUT2D eigenvalue weighted by Crippen LogP contribution is 2.27. The minimum absolute atomic E-state index is 0.0202. The van der Waals surface area contributed by atoms with Gasteiger partial charge in [-0.2, -0.15) is 10.1 Å². The van der Waals surface area contributed by atoms with Crippen LogP contribution in [0.25, 0.3) is 6.08 Å². The van der Waals surface area contributed by atoms with Crippen LogP contribution in [0.3, 0.4) is 0 Å². The number of nitrogens with zero attached hydrogens (tertiary/aromatic N) is 3. The quantitative estimate of drug-likeness (QED) is 0.452. The van der Waals surface area contributed by atoms with E-state index in [2.05, 4.69) is 21.0 Å². The number of nitro benzene ring substituents is 1. The third kappa shape index (κ3) is 3.11. The highest BCUT2D eigenvalue weighted by molar-refractivity contribution is 9.10. The van der Waals surface area contributed by atoms with Gasteiger partial charge in [0.05, 0.1) is 21.9 Å². The molecule has 1 aliphatic rings. The molecule has 24 heavy (non-hydrogen) atoms. The van der Waals surface area contributed by atoms with E-state index in [0.717, 1.165) is 4.47 Å².